The van der Waals surface area contributed by atoms with Gasteiger partial charge in [-0.15, -0.1) is 0 Å². The predicted molar refractivity (Wildman–Crippen MR) is 73.9 cm³/mol. The Bertz CT molecular complexity index is 526. The quantitative estimate of drug-likeness (QED) is 0.426. The second-order valence-corrected chi connectivity index (χ2v) is 4.28. The number of hydrogen-bond acceptors (Lipinski definition) is 7. The van der Waals surface area contributed by atoms with E-state index in [1.807, 2.05) is 0 Å². The molecule has 0 radical (unpaired) electrons. The van der Waals surface area contributed by atoms with E-state index in [0.717, 1.165) is 0 Å². The molecule has 3 N–H and O–H groups in total. The first-order valence-corrected chi connectivity index (χ1v) is 6.38. The molecule has 0 spiro atoms. The normalized spacial score (nSPS) is 11.4. The maximum Gasteiger partial charge on any atom is 0.337 e. The molecule has 120 valence electrons. The molecule has 8 heteroatoms. The molecule has 0 saturated heterocycles. The van der Waals surface area contributed by atoms with Crippen molar-refractivity contribution in [1.29, 1.82) is 0 Å². The summed E-state index contributed by atoms with van der Waals surface area (Å²) in [5.74, 6) is -1.87. The van der Waals surface area contributed by atoms with E-state index in [9.17, 15) is 14.4 Å². The number of aliphatic hydroxyl groups is 2. The van der Waals surface area contributed by atoms with Gasteiger partial charge in [0, 0.05) is 6.42 Å². The predicted octanol–water partition coefficient (Wildman–Crippen LogP) is -1.22. The SMILES string of the molecule is COC(=O)C(Cc1ccc(OC(=O)CO)cc1)NC(=O)CO. The van der Waals surface area contributed by atoms with Crippen LogP contribution >= 0.6 is 0 Å². The Morgan fingerprint density at radius 3 is 2.27 bits per heavy atom. The van der Waals surface area contributed by atoms with Crippen LogP contribution in [0, 0.1) is 0 Å². The summed E-state index contributed by atoms with van der Waals surface area (Å²) in [4.78, 5) is 33.7. The van der Waals surface area contributed by atoms with Gasteiger partial charge in [0.2, 0.25) is 5.91 Å². The molecule has 1 atom stereocenters. The molecule has 1 aromatic carbocycles. The van der Waals surface area contributed by atoms with E-state index in [2.05, 4.69) is 10.1 Å². The van der Waals surface area contributed by atoms with Crippen molar-refractivity contribution in [3.8, 4) is 5.75 Å². The number of aliphatic hydroxyl groups excluding tert-OH is 2. The zero-order chi connectivity index (χ0) is 16.5. The van der Waals surface area contributed by atoms with Crippen molar-refractivity contribution in [3.63, 3.8) is 0 Å². The summed E-state index contributed by atoms with van der Waals surface area (Å²) in [7, 11) is 1.19. The van der Waals surface area contributed by atoms with Crippen molar-refractivity contribution in [2.24, 2.45) is 0 Å². The van der Waals surface area contributed by atoms with Crippen LogP contribution in [0.3, 0.4) is 0 Å². The molecule has 0 bridgehead atoms. The number of benzene rings is 1. The molecule has 0 aromatic heterocycles. The highest BCUT2D eigenvalue weighted by molar-refractivity contribution is 5.85. The molecule has 0 fully saturated rings. The van der Waals surface area contributed by atoms with Crippen molar-refractivity contribution < 1.29 is 34.1 Å². The molecular weight excluding hydrogens is 294 g/mol. The summed E-state index contributed by atoms with van der Waals surface area (Å²) in [6.45, 7) is -1.46. The first kappa shape index (κ1) is 17.6. The van der Waals surface area contributed by atoms with Gasteiger partial charge in [0.05, 0.1) is 7.11 Å². The minimum absolute atomic E-state index is 0.145. The molecule has 0 aliphatic carbocycles. The molecule has 0 aliphatic heterocycles. The van der Waals surface area contributed by atoms with E-state index >= 15 is 0 Å². The van der Waals surface area contributed by atoms with Crippen LogP contribution in [0.25, 0.3) is 0 Å². The van der Waals surface area contributed by atoms with Gasteiger partial charge in [-0.05, 0) is 17.7 Å². The topological polar surface area (TPSA) is 122 Å². The Morgan fingerprint density at radius 2 is 1.77 bits per heavy atom. The minimum Gasteiger partial charge on any atom is -0.467 e. The molecule has 8 nitrogen and oxygen atoms in total. The third kappa shape index (κ3) is 5.51. The van der Waals surface area contributed by atoms with Crippen LogP contribution in [-0.2, 0) is 25.5 Å². The van der Waals surface area contributed by atoms with E-state index in [1.54, 1.807) is 12.1 Å². The van der Waals surface area contributed by atoms with Crippen molar-refractivity contribution in [3.05, 3.63) is 29.8 Å². The van der Waals surface area contributed by atoms with Crippen LogP contribution in [0.5, 0.6) is 5.75 Å². The van der Waals surface area contributed by atoms with Crippen LogP contribution < -0.4 is 10.1 Å². The summed E-state index contributed by atoms with van der Waals surface area (Å²) in [5.41, 5.74) is 0.678. The minimum atomic E-state index is -0.935. The Hall–Kier alpha value is -2.45. The molecule has 0 heterocycles. The molecule has 1 amide bonds. The number of methoxy groups -OCH3 is 1. The van der Waals surface area contributed by atoms with Crippen LogP contribution in [0.2, 0.25) is 0 Å². The smallest absolute Gasteiger partial charge is 0.337 e. The third-order valence-electron chi connectivity index (χ3n) is 2.69. The fraction of sp³-hybridized carbons (Fsp3) is 0.357. The number of amides is 1. The molecule has 0 saturated carbocycles. The summed E-state index contributed by atoms with van der Waals surface area (Å²) in [5, 5.41) is 19.6. The Kier molecular flexibility index (Phi) is 7.00. The van der Waals surface area contributed by atoms with Crippen molar-refractivity contribution in [2.45, 2.75) is 12.5 Å². The number of hydrogen-bond donors (Lipinski definition) is 3. The standard InChI is InChI=1S/C14H17NO7/c1-21-14(20)11(15-12(18)7-16)6-9-2-4-10(5-3-9)22-13(19)8-17/h2-5,11,16-17H,6-8H2,1H3,(H,15,18). The van der Waals surface area contributed by atoms with Gasteiger partial charge in [0.15, 0.2) is 0 Å². The first-order valence-electron chi connectivity index (χ1n) is 6.38. The Balaban J connectivity index is 2.74. The summed E-state index contributed by atoms with van der Waals surface area (Å²) < 4.78 is 9.38. The van der Waals surface area contributed by atoms with Gasteiger partial charge < -0.3 is 25.0 Å². The van der Waals surface area contributed by atoms with E-state index in [1.165, 1.54) is 19.2 Å². The highest BCUT2D eigenvalue weighted by atomic mass is 16.5. The lowest BCUT2D eigenvalue weighted by Gasteiger charge is -2.16. The molecule has 1 rings (SSSR count). The number of rotatable bonds is 7. The molecule has 1 unspecified atom stereocenters. The fourth-order valence-electron chi connectivity index (χ4n) is 1.67. The Labute approximate surface area is 126 Å². The van der Waals surface area contributed by atoms with Crippen LogP contribution in [0.4, 0.5) is 0 Å². The van der Waals surface area contributed by atoms with E-state index < -0.39 is 37.1 Å². The second kappa shape index (κ2) is 8.75. The highest BCUT2D eigenvalue weighted by Crippen LogP contribution is 2.14. The van der Waals surface area contributed by atoms with E-state index in [-0.39, 0.29) is 12.2 Å². The van der Waals surface area contributed by atoms with E-state index in [4.69, 9.17) is 14.9 Å². The lowest BCUT2D eigenvalue weighted by Crippen LogP contribution is -2.44. The molecule has 0 aliphatic rings. The van der Waals surface area contributed by atoms with Gasteiger partial charge in [-0.25, -0.2) is 9.59 Å². The number of carbonyl (C=O) groups excluding carboxylic acids is 3. The number of ether oxygens (including phenoxy) is 2. The number of carbonyl (C=O) groups is 3. The molecular formula is C14H17NO7. The van der Waals surface area contributed by atoms with Gasteiger partial charge in [0.1, 0.15) is 25.0 Å². The summed E-state index contributed by atoms with van der Waals surface area (Å²) >= 11 is 0. The monoisotopic (exact) mass is 311 g/mol. The van der Waals surface area contributed by atoms with Gasteiger partial charge in [-0.2, -0.15) is 0 Å². The lowest BCUT2D eigenvalue weighted by atomic mass is 10.1. The average Bonchev–Trinajstić information content (AvgIpc) is 2.54. The van der Waals surface area contributed by atoms with Crippen LogP contribution in [0.15, 0.2) is 24.3 Å². The largest absolute Gasteiger partial charge is 0.467 e. The third-order valence-corrected chi connectivity index (χ3v) is 2.69. The van der Waals surface area contributed by atoms with Gasteiger partial charge in [0.25, 0.3) is 0 Å². The zero-order valence-corrected chi connectivity index (χ0v) is 11.9. The molecule has 1 aromatic rings. The zero-order valence-electron chi connectivity index (χ0n) is 11.9. The fourth-order valence-corrected chi connectivity index (χ4v) is 1.67. The second-order valence-electron chi connectivity index (χ2n) is 4.28. The van der Waals surface area contributed by atoms with Crippen LogP contribution in [0.1, 0.15) is 5.56 Å². The summed E-state index contributed by atoms with van der Waals surface area (Å²) in [6, 6.07) is 5.24. The van der Waals surface area contributed by atoms with Crippen molar-refractivity contribution >= 4 is 17.8 Å². The van der Waals surface area contributed by atoms with Crippen LogP contribution in [-0.4, -0.2) is 54.4 Å². The lowest BCUT2D eigenvalue weighted by molar-refractivity contribution is -0.145. The van der Waals surface area contributed by atoms with Crippen molar-refractivity contribution in [1.82, 2.24) is 5.32 Å². The first-order chi connectivity index (χ1) is 10.5. The maximum atomic E-state index is 11.6. The average molecular weight is 311 g/mol. The van der Waals surface area contributed by atoms with Gasteiger partial charge in [-0.1, -0.05) is 12.1 Å². The Morgan fingerprint density at radius 1 is 1.14 bits per heavy atom. The maximum absolute atomic E-state index is 11.6. The number of nitrogens with one attached hydrogen (secondary N) is 1. The van der Waals surface area contributed by atoms with Gasteiger partial charge >= 0.3 is 11.9 Å². The summed E-state index contributed by atoms with van der Waals surface area (Å²) in [6.07, 6.45) is 0.145. The van der Waals surface area contributed by atoms with E-state index in [0.29, 0.717) is 5.56 Å². The van der Waals surface area contributed by atoms with Crippen molar-refractivity contribution in [2.75, 3.05) is 20.3 Å². The molecule has 22 heavy (non-hydrogen) atoms. The number of esters is 2. The van der Waals surface area contributed by atoms with Gasteiger partial charge in [-0.3, -0.25) is 4.79 Å². The highest BCUT2D eigenvalue weighted by Gasteiger charge is 2.21.